The van der Waals surface area contributed by atoms with Gasteiger partial charge in [-0.1, -0.05) is 48.0 Å². The van der Waals surface area contributed by atoms with E-state index in [1.807, 2.05) is 30.3 Å². The summed E-state index contributed by atoms with van der Waals surface area (Å²) in [6.07, 6.45) is 1.15. The molecule has 0 fully saturated rings. The van der Waals surface area contributed by atoms with Crippen molar-refractivity contribution >= 4 is 23.6 Å². The summed E-state index contributed by atoms with van der Waals surface area (Å²) < 4.78 is 0. The lowest BCUT2D eigenvalue weighted by molar-refractivity contribution is -0.139. The highest BCUT2D eigenvalue weighted by Crippen LogP contribution is 2.20. The van der Waals surface area contributed by atoms with Crippen LogP contribution < -0.4 is 5.32 Å². The second-order valence-corrected chi connectivity index (χ2v) is 7.69. The van der Waals surface area contributed by atoms with Crippen LogP contribution >= 0.6 is 11.8 Å². The number of hydrogen-bond donors (Lipinski definition) is 1. The average Bonchev–Trinajstić information content (AvgIpc) is 2.69. The largest absolute Gasteiger partial charge is 0.357 e. The van der Waals surface area contributed by atoms with Crippen LogP contribution in [0.1, 0.15) is 24.5 Å². The fourth-order valence-corrected chi connectivity index (χ4v) is 3.65. The minimum absolute atomic E-state index is 0.0154. The van der Waals surface area contributed by atoms with Gasteiger partial charge in [-0.15, -0.1) is 11.8 Å². The monoisotopic (exact) mass is 384 g/mol. The highest BCUT2D eigenvalue weighted by Gasteiger charge is 2.24. The van der Waals surface area contributed by atoms with Crippen molar-refractivity contribution in [3.05, 3.63) is 65.7 Å². The number of hydrogen-bond acceptors (Lipinski definition) is 3. The fourth-order valence-electron chi connectivity index (χ4n) is 2.81. The molecule has 5 heteroatoms. The van der Waals surface area contributed by atoms with Crippen LogP contribution in [0.15, 0.2) is 59.5 Å². The standard InChI is InChI=1S/C22H28N2O2S/c1-17-9-11-20(12-10-17)27-16-14-21(25)24(18(2)22(26)23-3)15-13-19-7-5-4-6-8-19/h4-12,18H,13-16H2,1-3H3,(H,23,26)/t18-/m0/s1. The number of thioether (sulfide) groups is 1. The van der Waals surface area contributed by atoms with E-state index in [-0.39, 0.29) is 11.8 Å². The van der Waals surface area contributed by atoms with Crippen molar-refractivity contribution in [2.45, 2.75) is 37.6 Å². The summed E-state index contributed by atoms with van der Waals surface area (Å²) in [5, 5.41) is 2.65. The number of likely N-dealkylation sites (N-methyl/N-ethyl adjacent to an activating group) is 1. The second-order valence-electron chi connectivity index (χ2n) is 6.52. The SMILES string of the molecule is CNC(=O)[C@H](C)N(CCc1ccccc1)C(=O)CCSc1ccc(C)cc1. The van der Waals surface area contributed by atoms with Crippen molar-refractivity contribution in [2.24, 2.45) is 0 Å². The maximum absolute atomic E-state index is 12.8. The van der Waals surface area contributed by atoms with Crippen molar-refractivity contribution in [3.8, 4) is 0 Å². The van der Waals surface area contributed by atoms with Gasteiger partial charge in [0.15, 0.2) is 0 Å². The molecule has 1 atom stereocenters. The van der Waals surface area contributed by atoms with Gasteiger partial charge < -0.3 is 10.2 Å². The quantitative estimate of drug-likeness (QED) is 0.671. The van der Waals surface area contributed by atoms with Gasteiger partial charge in [0.1, 0.15) is 6.04 Å². The van der Waals surface area contributed by atoms with Crippen LogP contribution in [0, 0.1) is 6.92 Å². The maximum Gasteiger partial charge on any atom is 0.242 e. The van der Waals surface area contributed by atoms with Gasteiger partial charge in [0.05, 0.1) is 0 Å². The topological polar surface area (TPSA) is 49.4 Å². The third-order valence-electron chi connectivity index (χ3n) is 4.50. The molecule has 2 aromatic carbocycles. The van der Waals surface area contributed by atoms with Gasteiger partial charge in [0, 0.05) is 30.7 Å². The highest BCUT2D eigenvalue weighted by molar-refractivity contribution is 7.99. The maximum atomic E-state index is 12.8. The summed E-state index contributed by atoms with van der Waals surface area (Å²) in [6.45, 7) is 4.38. The molecule has 0 aliphatic carbocycles. The van der Waals surface area contributed by atoms with E-state index in [0.29, 0.717) is 18.7 Å². The van der Waals surface area contributed by atoms with E-state index >= 15 is 0 Å². The number of carbonyl (C=O) groups excluding carboxylic acids is 2. The van der Waals surface area contributed by atoms with E-state index in [0.717, 1.165) is 16.9 Å². The van der Waals surface area contributed by atoms with E-state index in [1.54, 1.807) is 30.6 Å². The number of amides is 2. The molecule has 144 valence electrons. The van der Waals surface area contributed by atoms with E-state index in [4.69, 9.17) is 0 Å². The van der Waals surface area contributed by atoms with Crippen molar-refractivity contribution in [1.29, 1.82) is 0 Å². The molecule has 0 spiro atoms. The highest BCUT2D eigenvalue weighted by atomic mass is 32.2. The molecule has 0 bridgehead atoms. The Labute approximate surface area is 166 Å². The Balaban J connectivity index is 1.94. The molecule has 2 aromatic rings. The lowest BCUT2D eigenvalue weighted by Gasteiger charge is -2.28. The molecule has 1 N–H and O–H groups in total. The van der Waals surface area contributed by atoms with Crippen molar-refractivity contribution in [1.82, 2.24) is 10.2 Å². The summed E-state index contributed by atoms with van der Waals surface area (Å²) in [4.78, 5) is 27.7. The van der Waals surface area contributed by atoms with Crippen LogP contribution in [0.2, 0.25) is 0 Å². The van der Waals surface area contributed by atoms with Gasteiger partial charge in [-0.05, 0) is 38.0 Å². The van der Waals surface area contributed by atoms with Gasteiger partial charge in [-0.2, -0.15) is 0 Å². The van der Waals surface area contributed by atoms with Crippen molar-refractivity contribution < 1.29 is 9.59 Å². The molecular weight excluding hydrogens is 356 g/mol. The van der Waals surface area contributed by atoms with Gasteiger partial charge in [-0.25, -0.2) is 0 Å². The predicted octanol–water partition coefficient (Wildman–Crippen LogP) is 3.68. The van der Waals surface area contributed by atoms with Gasteiger partial charge >= 0.3 is 0 Å². The molecular formula is C22H28N2O2S. The summed E-state index contributed by atoms with van der Waals surface area (Å²) in [5.74, 6) is 0.578. The fraction of sp³-hybridized carbons (Fsp3) is 0.364. The number of aryl methyl sites for hydroxylation is 1. The molecule has 0 saturated heterocycles. The number of rotatable bonds is 9. The summed E-state index contributed by atoms with van der Waals surface area (Å²) >= 11 is 1.67. The van der Waals surface area contributed by atoms with E-state index < -0.39 is 6.04 Å². The Morgan fingerprint density at radius 1 is 1.07 bits per heavy atom. The Bertz CT molecular complexity index is 732. The Morgan fingerprint density at radius 2 is 1.74 bits per heavy atom. The minimum Gasteiger partial charge on any atom is -0.357 e. The molecule has 0 aliphatic heterocycles. The predicted molar refractivity (Wildman–Crippen MR) is 112 cm³/mol. The molecule has 0 aromatic heterocycles. The smallest absolute Gasteiger partial charge is 0.242 e. The van der Waals surface area contributed by atoms with Gasteiger partial charge in [-0.3, -0.25) is 9.59 Å². The molecule has 0 heterocycles. The van der Waals surface area contributed by atoms with Crippen LogP contribution in [-0.2, 0) is 16.0 Å². The van der Waals surface area contributed by atoms with Gasteiger partial charge in [0.2, 0.25) is 11.8 Å². The number of nitrogens with zero attached hydrogens (tertiary/aromatic N) is 1. The zero-order chi connectivity index (χ0) is 19.6. The molecule has 2 rings (SSSR count). The minimum atomic E-state index is -0.476. The number of nitrogens with one attached hydrogen (secondary N) is 1. The zero-order valence-corrected chi connectivity index (χ0v) is 17.1. The van der Waals surface area contributed by atoms with Crippen LogP contribution in [0.3, 0.4) is 0 Å². The molecule has 0 unspecified atom stereocenters. The van der Waals surface area contributed by atoms with Crippen molar-refractivity contribution in [3.63, 3.8) is 0 Å². The Morgan fingerprint density at radius 3 is 2.37 bits per heavy atom. The van der Waals surface area contributed by atoms with Crippen LogP contribution in [0.4, 0.5) is 0 Å². The first-order chi connectivity index (χ1) is 13.0. The first-order valence-electron chi connectivity index (χ1n) is 9.25. The Kier molecular flexibility index (Phi) is 8.40. The van der Waals surface area contributed by atoms with Crippen molar-refractivity contribution in [2.75, 3.05) is 19.3 Å². The lowest BCUT2D eigenvalue weighted by Crippen LogP contribution is -2.48. The van der Waals surface area contributed by atoms with E-state index in [1.165, 1.54) is 5.56 Å². The van der Waals surface area contributed by atoms with Crippen LogP contribution in [0.25, 0.3) is 0 Å². The lowest BCUT2D eigenvalue weighted by atomic mass is 10.1. The summed E-state index contributed by atoms with van der Waals surface area (Å²) in [5.41, 5.74) is 2.38. The summed E-state index contributed by atoms with van der Waals surface area (Å²) in [6, 6.07) is 17.9. The first-order valence-corrected chi connectivity index (χ1v) is 10.2. The molecule has 4 nitrogen and oxygen atoms in total. The normalized spacial score (nSPS) is 11.7. The van der Waals surface area contributed by atoms with Crippen LogP contribution in [-0.4, -0.2) is 42.1 Å². The first kappa shape index (κ1) is 21.0. The molecule has 0 aliphatic rings. The Hall–Kier alpha value is -2.27. The molecule has 0 saturated carbocycles. The zero-order valence-electron chi connectivity index (χ0n) is 16.3. The third-order valence-corrected chi connectivity index (χ3v) is 5.52. The number of carbonyl (C=O) groups is 2. The number of benzene rings is 2. The second kappa shape index (κ2) is 10.8. The molecule has 2 amide bonds. The van der Waals surface area contributed by atoms with Crippen LogP contribution in [0.5, 0.6) is 0 Å². The van der Waals surface area contributed by atoms with Gasteiger partial charge in [0.25, 0.3) is 0 Å². The van der Waals surface area contributed by atoms with E-state index in [2.05, 4.69) is 36.5 Å². The van der Waals surface area contributed by atoms with E-state index in [9.17, 15) is 9.59 Å². The average molecular weight is 385 g/mol. The molecule has 0 radical (unpaired) electrons. The molecule has 27 heavy (non-hydrogen) atoms. The summed E-state index contributed by atoms with van der Waals surface area (Å²) in [7, 11) is 1.60. The third kappa shape index (κ3) is 6.75.